The van der Waals surface area contributed by atoms with Gasteiger partial charge in [0.05, 0.1) is 12.7 Å². The molecule has 0 amide bonds. The quantitative estimate of drug-likeness (QED) is 0.304. The number of carboxylic acids is 1. The summed E-state index contributed by atoms with van der Waals surface area (Å²) in [4.78, 5) is 22.3. The molecular formula is C25H26F2N6O5. The number of halogens is 2. The summed E-state index contributed by atoms with van der Waals surface area (Å²) in [6.07, 6.45) is -0.920. The molecule has 0 bridgehead atoms. The number of phenols is 1. The van der Waals surface area contributed by atoms with Crippen molar-refractivity contribution >= 4 is 17.5 Å². The number of benzene rings is 2. The van der Waals surface area contributed by atoms with Gasteiger partial charge in [0.2, 0.25) is 11.6 Å². The molecule has 0 unspecified atom stereocenters. The van der Waals surface area contributed by atoms with Crippen molar-refractivity contribution in [2.24, 2.45) is 16.5 Å². The van der Waals surface area contributed by atoms with Gasteiger partial charge < -0.3 is 41.0 Å². The maximum Gasteiger partial charge on any atom is 0.323 e. The molecule has 11 nitrogen and oxygen atoms in total. The summed E-state index contributed by atoms with van der Waals surface area (Å²) in [6, 6.07) is 10.6. The Hall–Kier alpha value is -4.49. The van der Waals surface area contributed by atoms with Crippen LogP contribution in [-0.2, 0) is 4.79 Å². The summed E-state index contributed by atoms with van der Waals surface area (Å²) in [5, 5.41) is 19.4. The highest BCUT2D eigenvalue weighted by atomic mass is 19.1. The summed E-state index contributed by atoms with van der Waals surface area (Å²) in [6.45, 7) is 0.646. The highest BCUT2D eigenvalue weighted by Gasteiger charge is 2.28. The molecule has 0 saturated carbocycles. The molecule has 4 rings (SSSR count). The number of aromatic hydroxyl groups is 1. The Morgan fingerprint density at radius 2 is 1.87 bits per heavy atom. The number of hydrogen-bond acceptors (Lipinski definition) is 10. The number of hydrogen-bond donors (Lipinski definition) is 4. The number of aliphatic imine (C=N–C) groups is 1. The molecule has 13 heteroatoms. The van der Waals surface area contributed by atoms with E-state index in [0.717, 1.165) is 17.3 Å². The number of carbonyl (C=O) groups is 1. The van der Waals surface area contributed by atoms with Crippen molar-refractivity contribution in [2.45, 2.75) is 6.17 Å². The van der Waals surface area contributed by atoms with E-state index in [1.807, 2.05) is 11.9 Å². The molecule has 38 heavy (non-hydrogen) atoms. The predicted octanol–water partition coefficient (Wildman–Crippen LogP) is 2.78. The van der Waals surface area contributed by atoms with Gasteiger partial charge in [0.15, 0.2) is 11.5 Å². The van der Waals surface area contributed by atoms with Crippen LogP contribution in [0.4, 0.5) is 14.5 Å². The second kappa shape index (κ2) is 10.9. The van der Waals surface area contributed by atoms with Crippen LogP contribution >= 0.6 is 0 Å². The molecule has 2 aromatic carbocycles. The lowest BCUT2D eigenvalue weighted by Crippen LogP contribution is -2.27. The molecule has 1 aliphatic rings. The molecule has 0 saturated heterocycles. The molecule has 1 aliphatic heterocycles. The highest BCUT2D eigenvalue weighted by molar-refractivity contribution is 5.99. The molecule has 1 aromatic heterocycles. The van der Waals surface area contributed by atoms with Crippen LogP contribution in [0.3, 0.4) is 0 Å². The number of phenolic OH excluding ortho intramolecular Hbond substituents is 1. The van der Waals surface area contributed by atoms with Gasteiger partial charge in [0, 0.05) is 26.2 Å². The van der Waals surface area contributed by atoms with Crippen LogP contribution in [-0.4, -0.2) is 65.6 Å². The van der Waals surface area contributed by atoms with Crippen LogP contribution in [0.2, 0.25) is 0 Å². The Balaban J connectivity index is 1.77. The fourth-order valence-corrected chi connectivity index (χ4v) is 3.82. The zero-order chi connectivity index (χ0) is 27.6. The molecule has 2 heterocycles. The van der Waals surface area contributed by atoms with E-state index in [-0.39, 0.29) is 11.5 Å². The van der Waals surface area contributed by atoms with E-state index in [2.05, 4.69) is 9.98 Å². The van der Waals surface area contributed by atoms with Gasteiger partial charge in [-0.05, 0) is 29.8 Å². The fraction of sp³-hybridized carbons (Fsp3) is 0.240. The zero-order valence-electron chi connectivity index (χ0n) is 20.6. The SMILES string of the molecule is CN1CCN=C1c1cccc(Oc2nc(Oc3cc(C(N)N)ccc3O)c(F)c(N(C)CC(=O)O)c2F)c1. The second-order valence-electron chi connectivity index (χ2n) is 8.56. The van der Waals surface area contributed by atoms with Crippen LogP contribution in [0.5, 0.6) is 29.0 Å². The third-order valence-corrected chi connectivity index (χ3v) is 5.69. The number of rotatable bonds is 9. The van der Waals surface area contributed by atoms with Crippen molar-refractivity contribution < 1.29 is 33.3 Å². The van der Waals surface area contributed by atoms with Crippen molar-refractivity contribution in [1.29, 1.82) is 0 Å². The van der Waals surface area contributed by atoms with Crippen molar-refractivity contribution in [3.8, 4) is 29.0 Å². The number of ether oxygens (including phenoxy) is 2. The van der Waals surface area contributed by atoms with Gasteiger partial charge in [-0.3, -0.25) is 9.79 Å². The first-order valence-electron chi connectivity index (χ1n) is 11.4. The topological polar surface area (TPSA) is 160 Å². The van der Waals surface area contributed by atoms with Crippen molar-refractivity contribution in [3.63, 3.8) is 0 Å². The summed E-state index contributed by atoms with van der Waals surface area (Å²) in [5.74, 6) is -5.11. The number of amidine groups is 1. The molecule has 0 aliphatic carbocycles. The van der Waals surface area contributed by atoms with Crippen LogP contribution in [0.1, 0.15) is 17.3 Å². The third-order valence-electron chi connectivity index (χ3n) is 5.69. The Labute approximate surface area is 216 Å². The predicted molar refractivity (Wildman–Crippen MR) is 135 cm³/mol. The van der Waals surface area contributed by atoms with Crippen molar-refractivity contribution in [3.05, 3.63) is 65.2 Å². The maximum atomic E-state index is 15.5. The standard InChI is InChI=1S/C25H26F2N6O5/c1-32-9-8-30-23(32)14-4-3-5-15(10-14)37-24-19(26)21(33(2)12-18(35)36)20(27)25(31-24)38-17-11-13(22(28)29)6-7-16(17)34/h3-7,10-11,22,34H,8-9,12,28-29H2,1-2H3,(H,35,36). The summed E-state index contributed by atoms with van der Waals surface area (Å²) < 4.78 is 42.2. The minimum atomic E-state index is -1.33. The second-order valence-corrected chi connectivity index (χ2v) is 8.56. The van der Waals surface area contributed by atoms with Gasteiger partial charge >= 0.3 is 5.97 Å². The molecule has 0 radical (unpaired) electrons. The third kappa shape index (κ3) is 5.58. The number of anilines is 1. The van der Waals surface area contributed by atoms with Gasteiger partial charge in [-0.1, -0.05) is 18.2 Å². The average molecular weight is 529 g/mol. The summed E-state index contributed by atoms with van der Waals surface area (Å²) >= 11 is 0. The lowest BCUT2D eigenvalue weighted by molar-refractivity contribution is -0.135. The van der Waals surface area contributed by atoms with E-state index in [4.69, 9.17) is 20.9 Å². The first-order chi connectivity index (χ1) is 18.0. The van der Waals surface area contributed by atoms with E-state index in [0.29, 0.717) is 17.7 Å². The van der Waals surface area contributed by atoms with E-state index in [9.17, 15) is 15.0 Å². The van der Waals surface area contributed by atoms with Crippen LogP contribution < -0.4 is 25.8 Å². The van der Waals surface area contributed by atoms with Gasteiger partial charge in [0.1, 0.15) is 23.8 Å². The Morgan fingerprint density at radius 3 is 2.50 bits per heavy atom. The lowest BCUT2D eigenvalue weighted by atomic mass is 10.1. The van der Waals surface area contributed by atoms with E-state index < -0.39 is 53.5 Å². The summed E-state index contributed by atoms with van der Waals surface area (Å²) in [5.41, 5.74) is 11.7. The van der Waals surface area contributed by atoms with Crippen molar-refractivity contribution in [2.75, 3.05) is 38.6 Å². The van der Waals surface area contributed by atoms with E-state index in [1.165, 1.54) is 25.2 Å². The molecule has 200 valence electrons. The van der Waals surface area contributed by atoms with E-state index in [1.54, 1.807) is 24.3 Å². The van der Waals surface area contributed by atoms with Gasteiger partial charge in [0.25, 0.3) is 11.8 Å². The monoisotopic (exact) mass is 528 g/mol. The lowest BCUT2D eigenvalue weighted by Gasteiger charge is -2.21. The number of aromatic nitrogens is 1. The first kappa shape index (κ1) is 26.6. The zero-order valence-corrected chi connectivity index (χ0v) is 20.6. The largest absolute Gasteiger partial charge is 0.504 e. The number of nitrogens with two attached hydrogens (primary N) is 2. The van der Waals surface area contributed by atoms with Gasteiger partial charge in [-0.2, -0.15) is 13.8 Å². The van der Waals surface area contributed by atoms with Crippen LogP contribution in [0.15, 0.2) is 47.5 Å². The summed E-state index contributed by atoms with van der Waals surface area (Å²) in [7, 11) is 3.07. The first-order valence-corrected chi connectivity index (χ1v) is 11.4. The van der Waals surface area contributed by atoms with Crippen LogP contribution in [0.25, 0.3) is 0 Å². The molecular weight excluding hydrogens is 502 g/mol. The normalized spacial score (nSPS) is 13.0. The average Bonchev–Trinajstić information content (AvgIpc) is 3.29. The Bertz CT molecular complexity index is 1400. The Kier molecular flexibility index (Phi) is 7.60. The number of aliphatic carboxylic acids is 1. The smallest absolute Gasteiger partial charge is 0.323 e. The number of likely N-dealkylation sites (N-methyl/N-ethyl adjacent to an activating group) is 2. The molecule has 6 N–H and O–H groups in total. The van der Waals surface area contributed by atoms with Gasteiger partial charge in [-0.15, -0.1) is 0 Å². The highest BCUT2D eigenvalue weighted by Crippen LogP contribution is 2.40. The van der Waals surface area contributed by atoms with Crippen molar-refractivity contribution in [1.82, 2.24) is 9.88 Å². The molecule has 3 aromatic rings. The van der Waals surface area contributed by atoms with Gasteiger partial charge in [-0.25, -0.2) is 0 Å². The molecule has 0 atom stereocenters. The fourth-order valence-electron chi connectivity index (χ4n) is 3.82. The maximum absolute atomic E-state index is 15.5. The minimum Gasteiger partial charge on any atom is -0.504 e. The number of nitrogens with zero attached hydrogens (tertiary/aromatic N) is 4. The number of pyridine rings is 1. The van der Waals surface area contributed by atoms with E-state index >= 15 is 8.78 Å². The van der Waals surface area contributed by atoms with Crippen LogP contribution in [0, 0.1) is 11.6 Å². The number of carboxylic acid groups (broad SMARTS) is 1. The molecule has 0 fully saturated rings. The molecule has 0 spiro atoms. The minimum absolute atomic E-state index is 0.167. The Morgan fingerprint density at radius 1 is 1.16 bits per heavy atom.